The van der Waals surface area contributed by atoms with E-state index in [1.807, 2.05) is 30.3 Å². The average molecular weight is 277 g/mol. The van der Waals surface area contributed by atoms with Crippen LogP contribution in [0.5, 0.6) is 0 Å². The summed E-state index contributed by atoms with van der Waals surface area (Å²) in [5.41, 5.74) is 1.61. The summed E-state index contributed by atoms with van der Waals surface area (Å²) in [7, 11) is 0. The Morgan fingerprint density at radius 3 is 2.53 bits per heavy atom. The lowest BCUT2D eigenvalue weighted by molar-refractivity contribution is 0.0980. The van der Waals surface area contributed by atoms with Crippen molar-refractivity contribution in [3.63, 3.8) is 0 Å². The molecule has 98 valence electrons. The summed E-state index contributed by atoms with van der Waals surface area (Å²) in [4.78, 5) is 12.0. The number of benzene rings is 2. The maximum Gasteiger partial charge on any atom is 0.164 e. The molecule has 0 N–H and O–H groups in total. The van der Waals surface area contributed by atoms with Gasteiger partial charge in [0, 0.05) is 12.0 Å². The Bertz CT molecular complexity index is 566. The van der Waals surface area contributed by atoms with Crippen molar-refractivity contribution in [2.45, 2.75) is 19.3 Å². The number of ketones is 1. The number of carbonyl (C=O) groups excluding carboxylic acids is 1. The van der Waals surface area contributed by atoms with Crippen LogP contribution in [0.25, 0.3) is 0 Å². The Morgan fingerprint density at radius 2 is 1.84 bits per heavy atom. The number of aryl methyl sites for hydroxylation is 1. The molecular formula is C16H14ClFO. The largest absolute Gasteiger partial charge is 0.294 e. The fourth-order valence-electron chi connectivity index (χ4n) is 1.95. The summed E-state index contributed by atoms with van der Waals surface area (Å²) < 4.78 is 12.9. The van der Waals surface area contributed by atoms with E-state index in [1.54, 1.807) is 0 Å². The lowest BCUT2D eigenvalue weighted by atomic mass is 10.0. The van der Waals surface area contributed by atoms with Crippen LogP contribution in [0.3, 0.4) is 0 Å². The highest BCUT2D eigenvalue weighted by Crippen LogP contribution is 2.19. The highest BCUT2D eigenvalue weighted by atomic mass is 35.5. The van der Waals surface area contributed by atoms with Gasteiger partial charge in [-0.25, -0.2) is 4.39 Å². The predicted molar refractivity (Wildman–Crippen MR) is 75.1 cm³/mol. The summed E-state index contributed by atoms with van der Waals surface area (Å²) in [6.45, 7) is 0. The van der Waals surface area contributed by atoms with Crippen molar-refractivity contribution in [1.82, 2.24) is 0 Å². The zero-order valence-electron chi connectivity index (χ0n) is 10.4. The van der Waals surface area contributed by atoms with Crippen LogP contribution < -0.4 is 0 Å². The van der Waals surface area contributed by atoms with Gasteiger partial charge in [0.2, 0.25) is 0 Å². The summed E-state index contributed by atoms with van der Waals surface area (Å²) in [6, 6.07) is 13.9. The first-order chi connectivity index (χ1) is 9.16. The topological polar surface area (TPSA) is 17.1 Å². The molecule has 3 heteroatoms. The maximum atomic E-state index is 12.9. The third kappa shape index (κ3) is 3.90. The van der Waals surface area contributed by atoms with E-state index in [-0.39, 0.29) is 10.8 Å². The number of Topliss-reactive ketones (excluding diaryl/α,β-unsaturated/α-hetero) is 1. The minimum atomic E-state index is -0.425. The molecule has 2 aromatic rings. The Hall–Kier alpha value is -1.67. The maximum absolute atomic E-state index is 12.9. The van der Waals surface area contributed by atoms with Crippen LogP contribution in [-0.4, -0.2) is 5.78 Å². The van der Waals surface area contributed by atoms with Crippen LogP contribution in [0.15, 0.2) is 48.5 Å². The Balaban J connectivity index is 1.91. The van der Waals surface area contributed by atoms with Crippen molar-refractivity contribution in [2.75, 3.05) is 0 Å². The molecule has 0 saturated heterocycles. The molecule has 2 rings (SSSR count). The third-order valence-electron chi connectivity index (χ3n) is 2.94. The lowest BCUT2D eigenvalue weighted by Crippen LogP contribution is -2.01. The van der Waals surface area contributed by atoms with Gasteiger partial charge in [-0.3, -0.25) is 4.79 Å². The predicted octanol–water partition coefficient (Wildman–Crippen LogP) is 4.68. The van der Waals surface area contributed by atoms with E-state index in [0.717, 1.165) is 12.8 Å². The molecule has 0 aromatic heterocycles. The van der Waals surface area contributed by atoms with Crippen molar-refractivity contribution < 1.29 is 9.18 Å². The van der Waals surface area contributed by atoms with Crippen molar-refractivity contribution in [1.29, 1.82) is 0 Å². The van der Waals surface area contributed by atoms with Gasteiger partial charge < -0.3 is 0 Å². The standard InChI is InChI=1S/C16H14ClFO/c17-15-11-13(18)9-10-14(15)16(19)8-4-7-12-5-2-1-3-6-12/h1-3,5-6,9-11H,4,7-8H2. The minimum absolute atomic E-state index is 0.0408. The molecule has 0 heterocycles. The molecular weight excluding hydrogens is 263 g/mol. The van der Waals surface area contributed by atoms with Crippen LogP contribution in [0, 0.1) is 5.82 Å². The van der Waals surface area contributed by atoms with E-state index in [2.05, 4.69) is 0 Å². The Labute approximate surface area is 117 Å². The van der Waals surface area contributed by atoms with Crippen molar-refractivity contribution in [2.24, 2.45) is 0 Å². The van der Waals surface area contributed by atoms with Crippen LogP contribution in [0.4, 0.5) is 4.39 Å². The molecule has 0 atom stereocenters. The van der Waals surface area contributed by atoms with Gasteiger partial charge in [0.1, 0.15) is 5.82 Å². The van der Waals surface area contributed by atoms with Crippen LogP contribution in [0.2, 0.25) is 5.02 Å². The van der Waals surface area contributed by atoms with Crippen LogP contribution >= 0.6 is 11.6 Å². The highest BCUT2D eigenvalue weighted by molar-refractivity contribution is 6.33. The molecule has 1 nitrogen and oxygen atoms in total. The summed E-state index contributed by atoms with van der Waals surface area (Å²) in [5, 5.41) is 0.185. The quantitative estimate of drug-likeness (QED) is 0.725. The lowest BCUT2D eigenvalue weighted by Gasteiger charge is -2.04. The van der Waals surface area contributed by atoms with Gasteiger partial charge in [-0.1, -0.05) is 41.9 Å². The smallest absolute Gasteiger partial charge is 0.164 e. The fourth-order valence-corrected chi connectivity index (χ4v) is 2.22. The zero-order valence-corrected chi connectivity index (χ0v) is 11.2. The van der Waals surface area contributed by atoms with E-state index >= 15 is 0 Å². The number of carbonyl (C=O) groups is 1. The molecule has 19 heavy (non-hydrogen) atoms. The number of hydrogen-bond donors (Lipinski definition) is 0. The van der Waals surface area contributed by atoms with Gasteiger partial charge in [0.05, 0.1) is 5.02 Å². The van der Waals surface area contributed by atoms with Gasteiger partial charge >= 0.3 is 0 Å². The molecule has 0 unspecified atom stereocenters. The van der Waals surface area contributed by atoms with Crippen molar-refractivity contribution in [3.05, 3.63) is 70.5 Å². The first-order valence-electron chi connectivity index (χ1n) is 6.19. The molecule has 0 aliphatic rings. The SMILES string of the molecule is O=C(CCCc1ccccc1)c1ccc(F)cc1Cl. The van der Waals surface area contributed by atoms with Crippen LogP contribution in [-0.2, 0) is 6.42 Å². The number of hydrogen-bond acceptors (Lipinski definition) is 1. The molecule has 0 amide bonds. The highest BCUT2D eigenvalue weighted by Gasteiger charge is 2.10. The van der Waals surface area contributed by atoms with Crippen molar-refractivity contribution in [3.8, 4) is 0 Å². The zero-order chi connectivity index (χ0) is 13.7. The minimum Gasteiger partial charge on any atom is -0.294 e. The van der Waals surface area contributed by atoms with E-state index < -0.39 is 5.82 Å². The van der Waals surface area contributed by atoms with Gasteiger partial charge in [-0.2, -0.15) is 0 Å². The average Bonchev–Trinajstić information content (AvgIpc) is 2.39. The third-order valence-corrected chi connectivity index (χ3v) is 3.26. The first kappa shape index (κ1) is 13.8. The molecule has 0 fully saturated rings. The summed E-state index contributed by atoms with van der Waals surface area (Å²) >= 11 is 5.86. The normalized spacial score (nSPS) is 10.4. The van der Waals surface area contributed by atoms with Gasteiger partial charge in [0.25, 0.3) is 0 Å². The fraction of sp³-hybridized carbons (Fsp3) is 0.188. The second-order valence-corrected chi connectivity index (χ2v) is 4.79. The van der Waals surface area contributed by atoms with Gasteiger partial charge in [-0.05, 0) is 36.6 Å². The monoisotopic (exact) mass is 276 g/mol. The van der Waals surface area contributed by atoms with E-state index in [9.17, 15) is 9.18 Å². The Morgan fingerprint density at radius 1 is 1.11 bits per heavy atom. The first-order valence-corrected chi connectivity index (χ1v) is 6.57. The molecule has 2 aromatic carbocycles. The Kier molecular flexibility index (Phi) is 4.69. The molecule has 0 aliphatic heterocycles. The molecule has 0 bridgehead atoms. The molecule has 0 saturated carbocycles. The number of halogens is 2. The van der Waals surface area contributed by atoms with E-state index in [1.165, 1.54) is 23.8 Å². The second-order valence-electron chi connectivity index (χ2n) is 4.39. The van der Waals surface area contributed by atoms with Gasteiger partial charge in [-0.15, -0.1) is 0 Å². The van der Waals surface area contributed by atoms with E-state index in [0.29, 0.717) is 12.0 Å². The molecule has 0 spiro atoms. The molecule has 0 radical (unpaired) electrons. The second kappa shape index (κ2) is 6.48. The molecule has 0 aliphatic carbocycles. The van der Waals surface area contributed by atoms with Crippen LogP contribution in [0.1, 0.15) is 28.8 Å². The summed E-state index contributed by atoms with van der Waals surface area (Å²) in [5.74, 6) is -0.466. The number of rotatable bonds is 5. The summed E-state index contributed by atoms with van der Waals surface area (Å²) in [6.07, 6.45) is 2.03. The van der Waals surface area contributed by atoms with Crippen molar-refractivity contribution >= 4 is 17.4 Å². The van der Waals surface area contributed by atoms with Gasteiger partial charge in [0.15, 0.2) is 5.78 Å². The van der Waals surface area contributed by atoms with E-state index in [4.69, 9.17) is 11.6 Å².